The molecule has 2 aromatic heterocycles. The first-order valence-corrected chi connectivity index (χ1v) is 13.3. The van der Waals surface area contributed by atoms with Crippen molar-refractivity contribution in [3.8, 4) is 5.69 Å². The lowest BCUT2D eigenvalue weighted by Crippen LogP contribution is -2.53. The van der Waals surface area contributed by atoms with Crippen LogP contribution < -0.4 is 10.0 Å². The van der Waals surface area contributed by atoms with Crippen LogP contribution in [-0.2, 0) is 19.7 Å². The fourth-order valence-electron chi connectivity index (χ4n) is 3.64. The van der Waals surface area contributed by atoms with E-state index in [9.17, 15) is 13.2 Å². The molecule has 0 radical (unpaired) electrons. The number of carbonyl (C=O) groups is 1. The van der Waals surface area contributed by atoms with Gasteiger partial charge in [0.15, 0.2) is 0 Å². The highest BCUT2D eigenvalue weighted by molar-refractivity contribution is 7.87. The Morgan fingerprint density at radius 2 is 2.08 bits per heavy atom. The van der Waals surface area contributed by atoms with Gasteiger partial charge in [-0.1, -0.05) is 23.2 Å². The van der Waals surface area contributed by atoms with Crippen LogP contribution in [0.25, 0.3) is 16.6 Å². The second-order valence-electron chi connectivity index (χ2n) is 9.09. The van der Waals surface area contributed by atoms with Crippen LogP contribution in [0.1, 0.15) is 20.8 Å². The van der Waals surface area contributed by atoms with Crippen LogP contribution in [0.5, 0.6) is 0 Å². The van der Waals surface area contributed by atoms with Gasteiger partial charge < -0.3 is 19.4 Å². The van der Waals surface area contributed by atoms with E-state index in [1.165, 1.54) is 0 Å². The Balaban J connectivity index is 1.49. The third-order valence-electron chi connectivity index (χ3n) is 5.20. The lowest BCUT2D eigenvalue weighted by Gasteiger charge is -2.32. The molecule has 36 heavy (non-hydrogen) atoms. The van der Waals surface area contributed by atoms with Gasteiger partial charge in [-0.25, -0.2) is 19.5 Å². The molecule has 3 heterocycles. The number of amides is 1. The molecule has 0 bridgehead atoms. The number of carbonyl (C=O) groups excluding carboxylic acids is 1. The van der Waals surface area contributed by atoms with Crippen molar-refractivity contribution < 1.29 is 22.7 Å². The molecule has 0 aliphatic carbocycles. The summed E-state index contributed by atoms with van der Waals surface area (Å²) in [4.78, 5) is 20.7. The molecule has 1 saturated heterocycles. The summed E-state index contributed by atoms with van der Waals surface area (Å²) in [5.74, 6) is 0.492. The third-order valence-corrected chi connectivity index (χ3v) is 7.43. The van der Waals surface area contributed by atoms with Crippen molar-refractivity contribution in [1.82, 2.24) is 23.6 Å². The summed E-state index contributed by atoms with van der Waals surface area (Å²) in [6, 6.07) is 5.37. The fraction of sp³-hybridized carbons (Fsp3) is 0.409. The van der Waals surface area contributed by atoms with Gasteiger partial charge in [-0.2, -0.15) is 12.7 Å². The maximum Gasteiger partial charge on any atom is 0.422 e. The second kappa shape index (κ2) is 10.4. The van der Waals surface area contributed by atoms with Crippen molar-refractivity contribution in [3.05, 3.63) is 47.0 Å². The number of benzene rings is 1. The minimum atomic E-state index is -4.10. The van der Waals surface area contributed by atoms with E-state index in [2.05, 4.69) is 15.3 Å². The third kappa shape index (κ3) is 6.19. The first kappa shape index (κ1) is 26.4. The number of nitrogens with one attached hydrogen (secondary N) is 2. The lowest BCUT2D eigenvalue weighted by molar-refractivity contribution is 0.00602. The number of imidazole rings is 1. The summed E-state index contributed by atoms with van der Waals surface area (Å²) < 4.78 is 41.1. The molecule has 1 aromatic carbocycles. The summed E-state index contributed by atoms with van der Waals surface area (Å²) in [6.07, 6.45) is 3.58. The number of anilines is 1. The number of halogens is 2. The molecule has 1 amide bonds. The predicted octanol–water partition coefficient (Wildman–Crippen LogP) is 3.61. The number of nitrogens with zero attached hydrogens (tertiary/aromatic N) is 4. The van der Waals surface area contributed by atoms with Gasteiger partial charge in [-0.05, 0) is 32.9 Å². The highest BCUT2D eigenvalue weighted by Crippen LogP contribution is 2.34. The highest BCUT2D eigenvalue weighted by atomic mass is 35.5. The van der Waals surface area contributed by atoms with Crippen LogP contribution in [0.4, 0.5) is 10.6 Å². The van der Waals surface area contributed by atoms with Crippen molar-refractivity contribution >= 4 is 56.2 Å². The first-order chi connectivity index (χ1) is 16.9. The maximum atomic E-state index is 12.7. The first-order valence-electron chi connectivity index (χ1n) is 11.1. The number of fused-ring (bicyclic) bond motifs is 1. The van der Waals surface area contributed by atoms with Gasteiger partial charge in [0.25, 0.3) is 0 Å². The minimum absolute atomic E-state index is 0.0275. The number of morpholine rings is 1. The van der Waals surface area contributed by atoms with E-state index in [-0.39, 0.29) is 26.2 Å². The SMILES string of the molecule is CC(C)(C)OC(=O)NS(=O)(=O)N1CCOC(CNc2cc(-n3ccnc3)c3ccc(Cl)c(Cl)c3n2)C1. The molecule has 1 unspecified atom stereocenters. The van der Waals surface area contributed by atoms with Crippen LogP contribution in [-0.4, -0.2) is 71.3 Å². The molecule has 194 valence electrons. The van der Waals surface area contributed by atoms with E-state index in [0.717, 1.165) is 15.4 Å². The van der Waals surface area contributed by atoms with Gasteiger partial charge >= 0.3 is 16.3 Å². The van der Waals surface area contributed by atoms with E-state index < -0.39 is 28.0 Å². The molecule has 1 aliphatic heterocycles. The van der Waals surface area contributed by atoms with E-state index in [1.54, 1.807) is 45.6 Å². The van der Waals surface area contributed by atoms with Crippen LogP contribution in [0, 0.1) is 0 Å². The van der Waals surface area contributed by atoms with Gasteiger partial charge in [0.1, 0.15) is 11.4 Å². The van der Waals surface area contributed by atoms with Crippen LogP contribution in [0.3, 0.4) is 0 Å². The van der Waals surface area contributed by atoms with Crippen molar-refractivity contribution in [2.75, 3.05) is 31.6 Å². The van der Waals surface area contributed by atoms with Crippen LogP contribution in [0.2, 0.25) is 10.0 Å². The topological polar surface area (TPSA) is 128 Å². The maximum absolute atomic E-state index is 12.7. The number of hydrogen-bond donors (Lipinski definition) is 2. The number of aromatic nitrogens is 3. The zero-order valence-electron chi connectivity index (χ0n) is 19.9. The molecule has 0 spiro atoms. The molecule has 1 aliphatic rings. The Morgan fingerprint density at radius 1 is 1.31 bits per heavy atom. The Hall–Kier alpha value is -2.64. The molecule has 1 atom stereocenters. The number of ether oxygens (including phenoxy) is 2. The largest absolute Gasteiger partial charge is 0.443 e. The Kier molecular flexibility index (Phi) is 7.62. The van der Waals surface area contributed by atoms with E-state index in [1.807, 2.05) is 21.4 Å². The van der Waals surface area contributed by atoms with Crippen LogP contribution in [0.15, 0.2) is 36.9 Å². The Morgan fingerprint density at radius 3 is 2.78 bits per heavy atom. The Bertz CT molecular complexity index is 1360. The number of pyridine rings is 1. The number of hydrogen-bond acceptors (Lipinski definition) is 8. The molecule has 1 fully saturated rings. The molecule has 14 heteroatoms. The van der Waals surface area contributed by atoms with Crippen LogP contribution >= 0.6 is 23.2 Å². The number of rotatable bonds is 6. The monoisotopic (exact) mass is 556 g/mol. The summed E-state index contributed by atoms with van der Waals surface area (Å²) in [5, 5.41) is 4.67. The molecule has 4 rings (SSSR count). The predicted molar refractivity (Wildman–Crippen MR) is 137 cm³/mol. The zero-order valence-corrected chi connectivity index (χ0v) is 22.2. The minimum Gasteiger partial charge on any atom is -0.443 e. The van der Waals surface area contributed by atoms with Gasteiger partial charge in [0, 0.05) is 43.5 Å². The quantitative estimate of drug-likeness (QED) is 0.471. The van der Waals surface area contributed by atoms with E-state index in [0.29, 0.717) is 21.4 Å². The summed E-state index contributed by atoms with van der Waals surface area (Å²) in [5.41, 5.74) is 0.467. The highest BCUT2D eigenvalue weighted by Gasteiger charge is 2.32. The molecule has 2 N–H and O–H groups in total. The van der Waals surface area contributed by atoms with Gasteiger partial charge in [0.2, 0.25) is 0 Å². The lowest BCUT2D eigenvalue weighted by atomic mass is 10.1. The second-order valence-corrected chi connectivity index (χ2v) is 11.6. The van der Waals surface area contributed by atoms with E-state index in [4.69, 9.17) is 32.7 Å². The fourth-order valence-corrected chi connectivity index (χ4v) is 5.06. The van der Waals surface area contributed by atoms with Gasteiger partial charge in [0.05, 0.1) is 40.3 Å². The average molecular weight is 557 g/mol. The Labute approximate surface area is 218 Å². The standard InChI is InChI=1S/C22H26Cl2N6O5S/c1-22(2,3)35-21(31)28-36(32,33)30-8-9-34-14(12-30)11-26-18-10-17(29-7-6-25-13-29)15-4-5-16(23)19(24)20(15)27-18/h4-7,10,13-14H,8-9,11-12H2,1-3H3,(H,26,27)(H,28,31). The van der Waals surface area contributed by atoms with Crippen molar-refractivity contribution in [3.63, 3.8) is 0 Å². The molecule has 0 saturated carbocycles. The average Bonchev–Trinajstić information content (AvgIpc) is 3.33. The van der Waals surface area contributed by atoms with Crippen molar-refractivity contribution in [2.24, 2.45) is 0 Å². The van der Waals surface area contributed by atoms with Crippen molar-refractivity contribution in [1.29, 1.82) is 0 Å². The van der Waals surface area contributed by atoms with Gasteiger partial charge in [-0.3, -0.25) is 0 Å². The molecular weight excluding hydrogens is 531 g/mol. The summed E-state index contributed by atoms with van der Waals surface area (Å²) in [6.45, 7) is 5.48. The van der Waals surface area contributed by atoms with Crippen molar-refractivity contribution in [2.45, 2.75) is 32.5 Å². The summed E-state index contributed by atoms with van der Waals surface area (Å²) in [7, 11) is -4.10. The molecule has 11 nitrogen and oxygen atoms in total. The summed E-state index contributed by atoms with van der Waals surface area (Å²) >= 11 is 12.7. The van der Waals surface area contributed by atoms with Gasteiger partial charge in [-0.15, -0.1) is 0 Å². The molecule has 3 aromatic rings. The molecular formula is C22H26Cl2N6O5S. The normalized spacial score (nSPS) is 17.2. The van der Waals surface area contributed by atoms with E-state index >= 15 is 0 Å². The zero-order chi connectivity index (χ0) is 26.1. The smallest absolute Gasteiger partial charge is 0.422 e.